The van der Waals surface area contributed by atoms with Crippen molar-refractivity contribution in [2.24, 2.45) is 0 Å². The Morgan fingerprint density at radius 1 is 1.35 bits per heavy atom. The lowest BCUT2D eigenvalue weighted by Gasteiger charge is -2.26. The zero-order chi connectivity index (χ0) is 16.1. The largest absolute Gasteiger partial charge is 0.435 e. The Balaban J connectivity index is 1.49. The molecule has 1 aliphatic rings. The molecule has 1 saturated heterocycles. The van der Waals surface area contributed by atoms with Crippen molar-refractivity contribution in [1.82, 2.24) is 14.9 Å². The van der Waals surface area contributed by atoms with Crippen molar-refractivity contribution >= 4 is 22.8 Å². The lowest BCUT2D eigenvalue weighted by atomic mass is 10.3. The summed E-state index contributed by atoms with van der Waals surface area (Å²) in [5.41, 5.74) is 1.46. The summed E-state index contributed by atoms with van der Waals surface area (Å²) in [5.74, 6) is 1.09. The van der Waals surface area contributed by atoms with Gasteiger partial charge in [-0.25, -0.2) is 4.98 Å². The topological polar surface area (TPSA) is 50.4 Å². The summed E-state index contributed by atoms with van der Waals surface area (Å²) in [6.07, 6.45) is 1.07. The number of nitrogens with zero attached hydrogens (tertiary/aromatic N) is 2. The van der Waals surface area contributed by atoms with E-state index in [1.807, 2.05) is 0 Å². The first-order valence-corrected chi connectivity index (χ1v) is 8.57. The van der Waals surface area contributed by atoms with Crippen molar-refractivity contribution in [2.75, 3.05) is 38.6 Å². The number of hydrogen-bond acceptors (Lipinski definition) is 5. The summed E-state index contributed by atoms with van der Waals surface area (Å²) < 4.78 is 34.2. The molecule has 1 aromatic carbocycles. The van der Waals surface area contributed by atoms with Crippen molar-refractivity contribution in [3.05, 3.63) is 18.2 Å². The number of rotatable bonds is 7. The lowest BCUT2D eigenvalue weighted by molar-refractivity contribution is -0.0497. The highest BCUT2D eigenvalue weighted by Crippen LogP contribution is 2.24. The number of ether oxygens (including phenoxy) is 2. The average molecular weight is 343 g/mol. The molecule has 1 aliphatic heterocycles. The first-order chi connectivity index (χ1) is 11.2. The van der Waals surface area contributed by atoms with Crippen molar-refractivity contribution in [1.29, 1.82) is 0 Å². The zero-order valence-corrected chi connectivity index (χ0v) is 13.5. The Morgan fingerprint density at radius 3 is 2.96 bits per heavy atom. The van der Waals surface area contributed by atoms with Gasteiger partial charge in [-0.05, 0) is 25.1 Å². The van der Waals surface area contributed by atoms with Crippen molar-refractivity contribution < 1.29 is 18.3 Å². The van der Waals surface area contributed by atoms with Crippen molar-refractivity contribution in [3.8, 4) is 5.75 Å². The molecular weight excluding hydrogens is 324 g/mol. The third kappa shape index (κ3) is 4.79. The molecule has 0 aliphatic carbocycles. The fraction of sp³-hybridized carbons (Fsp3) is 0.533. The smallest absolute Gasteiger partial charge is 0.387 e. The molecule has 3 rings (SSSR count). The molecular formula is C15H19F2N3O2S. The van der Waals surface area contributed by atoms with Gasteiger partial charge < -0.3 is 14.5 Å². The standard InChI is InChI=1S/C15H19F2N3O2S/c16-14(17)22-11-2-3-12-13(10-11)19-15(18-12)23-9-1-4-20-5-7-21-8-6-20/h2-3,10,14H,1,4-9H2,(H,18,19). The van der Waals surface area contributed by atoms with E-state index in [-0.39, 0.29) is 5.75 Å². The molecule has 0 bridgehead atoms. The molecule has 8 heteroatoms. The molecule has 0 radical (unpaired) electrons. The Bertz CT molecular complexity index is 632. The summed E-state index contributed by atoms with van der Waals surface area (Å²) in [5, 5.41) is 0.802. The highest BCUT2D eigenvalue weighted by atomic mass is 32.2. The van der Waals surface area contributed by atoms with Crippen LogP contribution in [-0.2, 0) is 4.74 Å². The third-order valence-electron chi connectivity index (χ3n) is 3.62. The fourth-order valence-corrected chi connectivity index (χ4v) is 3.30. The van der Waals surface area contributed by atoms with E-state index in [2.05, 4.69) is 19.6 Å². The molecule has 1 N–H and O–H groups in total. The second kappa shape index (κ2) is 7.94. The normalized spacial score (nSPS) is 16.3. The van der Waals surface area contributed by atoms with Gasteiger partial charge in [0.25, 0.3) is 0 Å². The number of H-pyrrole nitrogens is 1. The monoisotopic (exact) mass is 343 g/mol. The Hall–Kier alpha value is -1.38. The highest BCUT2D eigenvalue weighted by Gasteiger charge is 2.10. The first-order valence-electron chi connectivity index (χ1n) is 7.58. The van der Waals surface area contributed by atoms with Gasteiger partial charge in [0.1, 0.15) is 5.75 Å². The maximum atomic E-state index is 12.2. The van der Waals surface area contributed by atoms with Crippen LogP contribution in [-0.4, -0.2) is 60.1 Å². The Kier molecular flexibility index (Phi) is 5.69. The van der Waals surface area contributed by atoms with Crippen molar-refractivity contribution in [2.45, 2.75) is 18.2 Å². The van der Waals surface area contributed by atoms with Crippen LogP contribution in [0.15, 0.2) is 23.4 Å². The molecule has 1 fully saturated rings. The summed E-state index contributed by atoms with van der Waals surface area (Å²) >= 11 is 1.64. The van der Waals surface area contributed by atoms with Crippen LogP contribution in [0.1, 0.15) is 6.42 Å². The number of imidazole rings is 1. The van der Waals surface area contributed by atoms with Crippen LogP contribution in [0.25, 0.3) is 11.0 Å². The van der Waals surface area contributed by atoms with E-state index in [0.29, 0.717) is 5.52 Å². The maximum absolute atomic E-state index is 12.2. The second-order valence-electron chi connectivity index (χ2n) is 5.26. The SMILES string of the molecule is FC(F)Oc1ccc2nc(SCCCN3CCOCC3)[nH]c2c1. The summed E-state index contributed by atoms with van der Waals surface area (Å²) in [7, 11) is 0. The zero-order valence-electron chi connectivity index (χ0n) is 12.6. The van der Waals surface area contributed by atoms with Gasteiger partial charge >= 0.3 is 6.61 Å². The van der Waals surface area contributed by atoms with Gasteiger partial charge in [-0.3, -0.25) is 4.90 Å². The number of fused-ring (bicyclic) bond motifs is 1. The molecule has 0 atom stereocenters. The van der Waals surface area contributed by atoms with E-state index in [1.165, 1.54) is 6.07 Å². The van der Waals surface area contributed by atoms with E-state index in [4.69, 9.17) is 4.74 Å². The number of thioether (sulfide) groups is 1. The van der Waals surface area contributed by atoms with Crippen LogP contribution >= 0.6 is 11.8 Å². The van der Waals surface area contributed by atoms with Gasteiger partial charge in [0, 0.05) is 24.9 Å². The Labute approximate surface area is 137 Å². The minimum absolute atomic E-state index is 0.139. The number of aromatic nitrogens is 2. The predicted octanol–water partition coefficient (Wildman–Crippen LogP) is 2.98. The summed E-state index contributed by atoms with van der Waals surface area (Å²) in [6.45, 7) is 1.89. The van der Waals surface area contributed by atoms with Gasteiger partial charge in [-0.1, -0.05) is 11.8 Å². The van der Waals surface area contributed by atoms with E-state index in [0.717, 1.165) is 55.7 Å². The van der Waals surface area contributed by atoms with Gasteiger partial charge in [0.15, 0.2) is 5.16 Å². The quantitative estimate of drug-likeness (QED) is 0.619. The van der Waals surface area contributed by atoms with Crippen LogP contribution in [0, 0.1) is 0 Å². The third-order valence-corrected chi connectivity index (χ3v) is 4.58. The van der Waals surface area contributed by atoms with Crippen LogP contribution in [0.5, 0.6) is 5.75 Å². The van der Waals surface area contributed by atoms with E-state index in [1.54, 1.807) is 23.9 Å². The van der Waals surface area contributed by atoms with Gasteiger partial charge in [0.05, 0.1) is 24.2 Å². The number of nitrogens with one attached hydrogen (secondary N) is 1. The van der Waals surface area contributed by atoms with Gasteiger partial charge in [0.2, 0.25) is 0 Å². The number of halogens is 2. The summed E-state index contributed by atoms with van der Waals surface area (Å²) in [4.78, 5) is 9.99. The molecule has 2 heterocycles. The van der Waals surface area contributed by atoms with Crippen molar-refractivity contribution in [3.63, 3.8) is 0 Å². The fourth-order valence-electron chi connectivity index (χ4n) is 2.49. The highest BCUT2D eigenvalue weighted by molar-refractivity contribution is 7.99. The maximum Gasteiger partial charge on any atom is 0.387 e. The van der Waals surface area contributed by atoms with E-state index < -0.39 is 6.61 Å². The number of morpholine rings is 1. The molecule has 0 spiro atoms. The Morgan fingerprint density at radius 2 is 2.17 bits per heavy atom. The van der Waals surface area contributed by atoms with Gasteiger partial charge in [-0.15, -0.1) is 0 Å². The minimum atomic E-state index is -2.82. The molecule has 23 heavy (non-hydrogen) atoms. The second-order valence-corrected chi connectivity index (χ2v) is 6.34. The summed E-state index contributed by atoms with van der Waals surface area (Å²) in [6, 6.07) is 4.73. The molecule has 0 saturated carbocycles. The van der Waals surface area contributed by atoms with Crippen LogP contribution in [0.4, 0.5) is 8.78 Å². The number of hydrogen-bond donors (Lipinski definition) is 1. The first kappa shape index (κ1) is 16.5. The number of benzene rings is 1. The van der Waals surface area contributed by atoms with Gasteiger partial charge in [-0.2, -0.15) is 8.78 Å². The molecule has 5 nitrogen and oxygen atoms in total. The average Bonchev–Trinajstić information content (AvgIpc) is 2.94. The number of aromatic amines is 1. The molecule has 126 valence electrons. The molecule has 0 unspecified atom stereocenters. The van der Waals surface area contributed by atoms with Crippen LogP contribution in [0.2, 0.25) is 0 Å². The molecule has 2 aromatic rings. The van der Waals surface area contributed by atoms with Crippen LogP contribution in [0.3, 0.4) is 0 Å². The molecule has 1 aromatic heterocycles. The van der Waals surface area contributed by atoms with Crippen LogP contribution < -0.4 is 4.74 Å². The minimum Gasteiger partial charge on any atom is -0.435 e. The van der Waals surface area contributed by atoms with E-state index in [9.17, 15) is 8.78 Å². The predicted molar refractivity (Wildman–Crippen MR) is 85.3 cm³/mol. The van der Waals surface area contributed by atoms with E-state index >= 15 is 0 Å². The molecule has 0 amide bonds. The number of alkyl halides is 2. The lowest BCUT2D eigenvalue weighted by Crippen LogP contribution is -2.36.